The molecule has 0 fully saturated rings. The highest BCUT2D eigenvalue weighted by molar-refractivity contribution is 7.16. The van der Waals surface area contributed by atoms with Gasteiger partial charge in [-0.2, -0.15) is 0 Å². The van der Waals surface area contributed by atoms with E-state index in [9.17, 15) is 9.18 Å². The van der Waals surface area contributed by atoms with Gasteiger partial charge < -0.3 is 10.6 Å². The molecule has 1 atom stereocenters. The lowest BCUT2D eigenvalue weighted by atomic mass is 9.99. The van der Waals surface area contributed by atoms with Crippen LogP contribution in [-0.4, -0.2) is 10.9 Å². The van der Waals surface area contributed by atoms with Crippen LogP contribution in [0.3, 0.4) is 0 Å². The summed E-state index contributed by atoms with van der Waals surface area (Å²) in [6.07, 6.45) is 1.71. The van der Waals surface area contributed by atoms with E-state index >= 15 is 0 Å². The molecule has 30 heavy (non-hydrogen) atoms. The number of benzene rings is 2. The van der Waals surface area contributed by atoms with Gasteiger partial charge >= 0.3 is 0 Å². The predicted octanol–water partition coefficient (Wildman–Crippen LogP) is 6.04. The summed E-state index contributed by atoms with van der Waals surface area (Å²) in [7, 11) is 0. The number of amides is 1. The van der Waals surface area contributed by atoms with Gasteiger partial charge in [0.1, 0.15) is 16.6 Å². The fourth-order valence-corrected chi connectivity index (χ4v) is 4.15. The number of pyridine rings is 1. The summed E-state index contributed by atoms with van der Waals surface area (Å²) in [5.41, 5.74) is 2.36. The minimum Gasteiger partial charge on any atom is -0.359 e. The van der Waals surface area contributed by atoms with Crippen molar-refractivity contribution in [2.24, 2.45) is 0 Å². The number of hydrogen-bond acceptors (Lipinski definition) is 4. The van der Waals surface area contributed by atoms with E-state index in [1.165, 1.54) is 23.5 Å². The van der Waals surface area contributed by atoms with Crippen LogP contribution < -0.4 is 10.6 Å². The third-order valence-electron chi connectivity index (χ3n) is 4.62. The second kappa shape index (κ2) is 8.88. The van der Waals surface area contributed by atoms with E-state index in [0.29, 0.717) is 11.4 Å². The third-order valence-corrected chi connectivity index (χ3v) is 5.60. The number of hydrogen-bond donors (Lipinski definition) is 2. The molecule has 4 nitrogen and oxygen atoms in total. The highest BCUT2D eigenvalue weighted by Crippen LogP contribution is 2.37. The van der Waals surface area contributed by atoms with E-state index in [1.807, 2.05) is 49.4 Å². The van der Waals surface area contributed by atoms with Crippen LogP contribution in [0.5, 0.6) is 0 Å². The van der Waals surface area contributed by atoms with Gasteiger partial charge in [-0.05, 0) is 55.0 Å². The molecule has 0 spiro atoms. The second-order valence-electron chi connectivity index (χ2n) is 6.81. The van der Waals surface area contributed by atoms with Crippen molar-refractivity contribution in [1.82, 2.24) is 4.98 Å². The Morgan fingerprint density at radius 2 is 1.73 bits per heavy atom. The Balaban J connectivity index is 1.71. The van der Waals surface area contributed by atoms with Crippen LogP contribution in [0.1, 0.15) is 32.4 Å². The molecule has 2 N–H and O–H groups in total. The van der Waals surface area contributed by atoms with Crippen molar-refractivity contribution in [3.05, 3.63) is 112 Å². The molecule has 0 bridgehead atoms. The fourth-order valence-electron chi connectivity index (χ4n) is 3.20. The van der Waals surface area contributed by atoms with Gasteiger partial charge in [0.25, 0.3) is 5.91 Å². The van der Waals surface area contributed by atoms with Crippen LogP contribution in [0.15, 0.2) is 85.1 Å². The average molecular weight is 418 g/mol. The normalized spacial score (nSPS) is 11.7. The Hall–Kier alpha value is -3.51. The third kappa shape index (κ3) is 4.55. The summed E-state index contributed by atoms with van der Waals surface area (Å²) in [5.74, 6) is 0.222. The van der Waals surface area contributed by atoms with Crippen molar-refractivity contribution in [3.8, 4) is 0 Å². The standard InChI is InChI=1S/C24H20FN3OS/c1-16-15-20(24(30-16)28-23(29)18-7-3-2-4-8-18)22(17-10-12-19(25)13-11-17)27-21-9-5-6-14-26-21/h2-15,22H,1H3,(H,26,27)(H,28,29)/t22-/m0/s1. The van der Waals surface area contributed by atoms with Gasteiger partial charge in [-0.1, -0.05) is 36.4 Å². The molecule has 1 amide bonds. The van der Waals surface area contributed by atoms with Crippen LogP contribution in [-0.2, 0) is 0 Å². The summed E-state index contributed by atoms with van der Waals surface area (Å²) in [5, 5.41) is 7.21. The Morgan fingerprint density at radius 1 is 1.00 bits per heavy atom. The summed E-state index contributed by atoms with van der Waals surface area (Å²) in [6, 6.07) is 22.8. The Morgan fingerprint density at radius 3 is 2.43 bits per heavy atom. The van der Waals surface area contributed by atoms with E-state index in [-0.39, 0.29) is 17.8 Å². The number of aryl methyl sites for hydroxylation is 1. The van der Waals surface area contributed by atoms with Gasteiger partial charge in [0.2, 0.25) is 0 Å². The minimum atomic E-state index is -0.309. The quantitative estimate of drug-likeness (QED) is 0.402. The van der Waals surface area contributed by atoms with Crippen LogP contribution in [0, 0.1) is 12.7 Å². The van der Waals surface area contributed by atoms with Crippen molar-refractivity contribution in [1.29, 1.82) is 0 Å². The first-order valence-corrected chi connectivity index (χ1v) is 10.3. The molecule has 0 saturated carbocycles. The van der Waals surface area contributed by atoms with Gasteiger partial charge in [-0.25, -0.2) is 9.37 Å². The van der Waals surface area contributed by atoms with Gasteiger partial charge in [0, 0.05) is 22.2 Å². The number of nitrogens with zero attached hydrogens (tertiary/aromatic N) is 1. The first kappa shape index (κ1) is 19.8. The molecule has 0 aliphatic heterocycles. The van der Waals surface area contributed by atoms with Gasteiger partial charge in [-0.15, -0.1) is 11.3 Å². The maximum Gasteiger partial charge on any atom is 0.256 e. The van der Waals surface area contributed by atoms with E-state index in [1.54, 1.807) is 30.5 Å². The molecule has 0 aliphatic carbocycles. The average Bonchev–Trinajstić information content (AvgIpc) is 3.13. The number of thiophene rings is 1. The first-order chi connectivity index (χ1) is 14.6. The maximum atomic E-state index is 13.5. The molecule has 2 heterocycles. The predicted molar refractivity (Wildman–Crippen MR) is 120 cm³/mol. The zero-order chi connectivity index (χ0) is 20.9. The van der Waals surface area contributed by atoms with Crippen molar-refractivity contribution in [3.63, 3.8) is 0 Å². The zero-order valence-corrected chi connectivity index (χ0v) is 17.1. The van der Waals surface area contributed by atoms with Crippen molar-refractivity contribution in [2.45, 2.75) is 13.0 Å². The van der Waals surface area contributed by atoms with Crippen molar-refractivity contribution in [2.75, 3.05) is 10.6 Å². The van der Waals surface area contributed by atoms with Crippen molar-refractivity contribution >= 4 is 28.1 Å². The monoisotopic (exact) mass is 417 g/mol. The lowest BCUT2D eigenvalue weighted by Crippen LogP contribution is -2.17. The first-order valence-electron chi connectivity index (χ1n) is 9.50. The van der Waals surface area contributed by atoms with E-state index in [4.69, 9.17) is 0 Å². The van der Waals surface area contributed by atoms with Crippen LogP contribution in [0.25, 0.3) is 0 Å². The summed E-state index contributed by atoms with van der Waals surface area (Å²) >= 11 is 1.51. The Kier molecular flexibility index (Phi) is 5.86. The molecule has 4 rings (SSSR count). The highest BCUT2D eigenvalue weighted by Gasteiger charge is 2.22. The lowest BCUT2D eigenvalue weighted by Gasteiger charge is -2.21. The van der Waals surface area contributed by atoms with E-state index in [2.05, 4.69) is 15.6 Å². The van der Waals surface area contributed by atoms with Crippen molar-refractivity contribution < 1.29 is 9.18 Å². The fraction of sp³-hybridized carbons (Fsp3) is 0.0833. The topological polar surface area (TPSA) is 54.0 Å². The molecule has 150 valence electrons. The summed E-state index contributed by atoms with van der Waals surface area (Å²) in [4.78, 5) is 18.2. The number of aromatic nitrogens is 1. The minimum absolute atomic E-state index is 0.172. The number of carbonyl (C=O) groups is 1. The number of halogens is 1. The molecule has 0 aliphatic rings. The summed E-state index contributed by atoms with van der Waals surface area (Å²) in [6.45, 7) is 1.99. The zero-order valence-electron chi connectivity index (χ0n) is 16.3. The van der Waals surface area contributed by atoms with E-state index in [0.717, 1.165) is 21.0 Å². The molecule has 4 aromatic rings. The molecule has 0 unspecified atom stereocenters. The van der Waals surface area contributed by atoms with Crippen LogP contribution >= 0.6 is 11.3 Å². The SMILES string of the molecule is Cc1cc([C@@H](Nc2ccccn2)c2ccc(F)cc2)c(NC(=O)c2ccccc2)s1. The smallest absolute Gasteiger partial charge is 0.256 e. The molecule has 6 heteroatoms. The summed E-state index contributed by atoms with van der Waals surface area (Å²) < 4.78 is 13.5. The molecule has 0 radical (unpaired) electrons. The molecule has 2 aromatic carbocycles. The van der Waals surface area contributed by atoms with Gasteiger partial charge in [0.15, 0.2) is 0 Å². The molecule has 2 aromatic heterocycles. The van der Waals surface area contributed by atoms with E-state index < -0.39 is 0 Å². The van der Waals surface area contributed by atoms with Gasteiger partial charge in [-0.3, -0.25) is 4.79 Å². The largest absolute Gasteiger partial charge is 0.359 e. The highest BCUT2D eigenvalue weighted by atomic mass is 32.1. The molecule has 0 saturated heterocycles. The number of anilines is 2. The van der Waals surface area contributed by atoms with Gasteiger partial charge in [0.05, 0.1) is 6.04 Å². The van der Waals surface area contributed by atoms with Crippen LogP contribution in [0.2, 0.25) is 0 Å². The molecular weight excluding hydrogens is 397 g/mol. The van der Waals surface area contributed by atoms with Crippen LogP contribution in [0.4, 0.5) is 15.2 Å². The lowest BCUT2D eigenvalue weighted by molar-refractivity contribution is 0.102. The number of nitrogens with one attached hydrogen (secondary N) is 2. The maximum absolute atomic E-state index is 13.5. The second-order valence-corrected chi connectivity index (χ2v) is 8.06. The Bertz CT molecular complexity index is 1130. The molecular formula is C24H20FN3OS. The number of carbonyl (C=O) groups excluding carboxylic acids is 1. The number of rotatable bonds is 6. The Labute approximate surface area is 178 Å².